The van der Waals surface area contributed by atoms with Crippen molar-refractivity contribution in [3.8, 4) is 0 Å². The monoisotopic (exact) mass is 203 g/mol. The van der Waals surface area contributed by atoms with Crippen LogP contribution in [0.4, 0.5) is 0 Å². The molecular weight excluding hydrogens is 194 g/mol. The Kier molecular flexibility index (Phi) is 4.68. The molecule has 1 aromatic rings. The minimum atomic E-state index is -1.75. The van der Waals surface area contributed by atoms with Crippen LogP contribution >= 0.6 is 0 Å². The molecule has 0 spiro atoms. The minimum Gasteiger partial charge on any atom is -0.478 e. The third-order valence-electron chi connectivity index (χ3n) is 1.14. The molecule has 0 bridgehead atoms. The number of aryl methyl sites for hydroxylation is 1. The summed E-state index contributed by atoms with van der Waals surface area (Å²) in [6.07, 6.45) is 5.23. The van der Waals surface area contributed by atoms with Crippen LogP contribution in [0, 0.1) is 15.3 Å². The van der Waals surface area contributed by atoms with Gasteiger partial charge in [-0.15, -0.1) is 0 Å². The van der Waals surface area contributed by atoms with Gasteiger partial charge in [-0.3, -0.25) is 0 Å². The summed E-state index contributed by atoms with van der Waals surface area (Å²) in [6.45, 7) is 0.0286. The first kappa shape index (κ1) is 11.9. The van der Waals surface area contributed by atoms with Crippen molar-refractivity contribution in [1.82, 2.24) is 4.57 Å². The molecule has 1 heterocycles. The maximum absolute atomic E-state index is 10.1. The summed E-state index contributed by atoms with van der Waals surface area (Å²) in [6, 6.07) is 0. The van der Waals surface area contributed by atoms with Crippen molar-refractivity contribution in [3.05, 3.63) is 34.0 Å². The van der Waals surface area contributed by atoms with Crippen LogP contribution in [0.25, 0.3) is 0 Å². The van der Waals surface area contributed by atoms with Crippen LogP contribution in [-0.2, 0) is 18.4 Å². The average Bonchev–Trinajstić information content (AvgIpc) is 2.32. The Bertz CT molecular complexity index is 317. The number of nitrogens with zero attached hydrogens (tertiary/aromatic N) is 3. The first-order valence-corrected chi connectivity index (χ1v) is 3.46. The van der Waals surface area contributed by atoms with E-state index in [0.717, 1.165) is 0 Å². The maximum Gasteiger partial charge on any atom is 0.346 e. The molecule has 8 heteroatoms. The van der Waals surface area contributed by atoms with E-state index in [2.05, 4.69) is 0 Å². The molecule has 0 aliphatic heterocycles. The van der Waals surface area contributed by atoms with Gasteiger partial charge in [0, 0.05) is 0 Å². The molecule has 0 aromatic carbocycles. The van der Waals surface area contributed by atoms with Crippen LogP contribution in [0.2, 0.25) is 0 Å². The number of hydrogen-bond acceptors (Lipinski definition) is 4. The number of carboxylic acid groups (broad SMARTS) is 1. The Morgan fingerprint density at radius 2 is 2.14 bits per heavy atom. The Hall–Kier alpha value is -2.12. The molecule has 0 fully saturated rings. The molecule has 0 unspecified atom stereocenters. The van der Waals surface area contributed by atoms with Gasteiger partial charge >= 0.3 is 5.97 Å². The Balaban J connectivity index is 0.000000364. The lowest BCUT2D eigenvalue weighted by atomic mass is 10.6. The van der Waals surface area contributed by atoms with Gasteiger partial charge in [-0.1, -0.05) is 0 Å². The predicted molar refractivity (Wildman–Crippen MR) is 43.6 cm³/mol. The van der Waals surface area contributed by atoms with Gasteiger partial charge in [0.2, 0.25) is 6.33 Å². The van der Waals surface area contributed by atoms with Crippen LogP contribution in [0.1, 0.15) is 0 Å². The van der Waals surface area contributed by atoms with Crippen molar-refractivity contribution < 1.29 is 19.6 Å². The van der Waals surface area contributed by atoms with E-state index in [1.807, 2.05) is 7.05 Å². The van der Waals surface area contributed by atoms with Crippen molar-refractivity contribution in [2.24, 2.45) is 7.05 Å². The van der Waals surface area contributed by atoms with Gasteiger partial charge in [0.1, 0.15) is 12.4 Å². The normalized spacial score (nSPS) is 8.64. The summed E-state index contributed by atoms with van der Waals surface area (Å²) < 4.78 is 3.39. The first-order valence-electron chi connectivity index (χ1n) is 3.46. The molecule has 0 radical (unpaired) electrons. The Labute approximate surface area is 78.7 Å². The molecular formula is C6H9N3O5. The van der Waals surface area contributed by atoms with E-state index in [9.17, 15) is 4.79 Å². The average molecular weight is 203 g/mol. The maximum atomic E-state index is 10.1. The number of hydrogen-bond donors (Lipinski definition) is 1. The first-order chi connectivity index (χ1) is 6.41. The molecule has 0 saturated heterocycles. The quantitative estimate of drug-likeness (QED) is 0.382. The van der Waals surface area contributed by atoms with E-state index in [0.29, 0.717) is 0 Å². The highest BCUT2D eigenvalue weighted by molar-refractivity contribution is 5.64. The lowest BCUT2D eigenvalue weighted by Gasteiger charge is -1.85. The fourth-order valence-electron chi connectivity index (χ4n) is 0.751. The van der Waals surface area contributed by atoms with Crippen molar-refractivity contribution >= 4 is 5.97 Å². The standard InChI is InChI=1S/C6H8N2O2.NO3/c1-7-2-3-8(5-7)4-6(9)10;2-1(3)4/h2-3,5H,4H2,1H3;/q;-1/p+1. The zero-order valence-corrected chi connectivity index (χ0v) is 7.36. The molecule has 1 N–H and O–H groups in total. The van der Waals surface area contributed by atoms with E-state index in [-0.39, 0.29) is 6.54 Å². The van der Waals surface area contributed by atoms with Crippen molar-refractivity contribution in [2.75, 3.05) is 0 Å². The van der Waals surface area contributed by atoms with Crippen LogP contribution in [-0.4, -0.2) is 20.7 Å². The van der Waals surface area contributed by atoms with Crippen molar-refractivity contribution in [3.63, 3.8) is 0 Å². The third kappa shape index (κ3) is 6.58. The van der Waals surface area contributed by atoms with Gasteiger partial charge < -0.3 is 20.4 Å². The molecule has 1 aromatic heterocycles. The number of rotatable bonds is 2. The topological polar surface area (TPSA) is 112 Å². The van der Waals surface area contributed by atoms with E-state index >= 15 is 0 Å². The van der Waals surface area contributed by atoms with E-state index in [4.69, 9.17) is 20.4 Å². The summed E-state index contributed by atoms with van der Waals surface area (Å²) in [7, 11) is 1.85. The molecule has 0 aliphatic carbocycles. The molecule has 1 rings (SSSR count). The van der Waals surface area contributed by atoms with Gasteiger partial charge in [-0.25, -0.2) is 13.9 Å². The molecule has 0 atom stereocenters. The number of aromatic nitrogens is 2. The van der Waals surface area contributed by atoms with Gasteiger partial charge in [0.15, 0.2) is 6.54 Å². The zero-order chi connectivity index (χ0) is 11.1. The second kappa shape index (κ2) is 5.51. The van der Waals surface area contributed by atoms with E-state index in [1.165, 1.54) is 0 Å². The summed E-state index contributed by atoms with van der Waals surface area (Å²) in [5, 5.41) is 23.1. The molecule has 0 amide bonds. The summed E-state index contributed by atoms with van der Waals surface area (Å²) in [5.74, 6) is -0.823. The molecule has 0 aliphatic rings. The molecule has 78 valence electrons. The second-order valence-electron chi connectivity index (χ2n) is 2.37. The predicted octanol–water partition coefficient (Wildman–Crippen LogP) is -0.842. The molecule has 14 heavy (non-hydrogen) atoms. The highest BCUT2D eigenvalue weighted by Crippen LogP contribution is 1.76. The lowest BCUT2D eigenvalue weighted by Crippen LogP contribution is -2.35. The number of carboxylic acids is 1. The number of imidazole rings is 1. The number of aliphatic carboxylic acids is 1. The van der Waals surface area contributed by atoms with Crippen LogP contribution in [0.15, 0.2) is 18.7 Å². The molecule has 8 nitrogen and oxygen atoms in total. The van der Waals surface area contributed by atoms with Gasteiger partial charge in [0.25, 0.3) is 0 Å². The van der Waals surface area contributed by atoms with Gasteiger partial charge in [-0.05, 0) is 0 Å². The summed E-state index contributed by atoms with van der Waals surface area (Å²) in [4.78, 5) is 18.4. The highest BCUT2D eigenvalue weighted by atomic mass is 16.9. The van der Waals surface area contributed by atoms with Crippen LogP contribution in [0.3, 0.4) is 0 Å². The van der Waals surface area contributed by atoms with E-state index < -0.39 is 11.1 Å². The Morgan fingerprint density at radius 1 is 1.64 bits per heavy atom. The van der Waals surface area contributed by atoms with Gasteiger partial charge in [-0.2, -0.15) is 0 Å². The Morgan fingerprint density at radius 3 is 2.43 bits per heavy atom. The highest BCUT2D eigenvalue weighted by Gasteiger charge is 2.03. The van der Waals surface area contributed by atoms with Gasteiger partial charge in [0.05, 0.1) is 12.1 Å². The summed E-state index contributed by atoms with van der Waals surface area (Å²) in [5.41, 5.74) is 0. The zero-order valence-electron chi connectivity index (χ0n) is 7.36. The van der Waals surface area contributed by atoms with Crippen molar-refractivity contribution in [2.45, 2.75) is 6.54 Å². The minimum absolute atomic E-state index is 0.0286. The summed E-state index contributed by atoms with van der Waals surface area (Å²) >= 11 is 0. The fourth-order valence-corrected chi connectivity index (χ4v) is 0.751. The third-order valence-corrected chi connectivity index (χ3v) is 1.14. The van der Waals surface area contributed by atoms with Crippen LogP contribution in [0.5, 0.6) is 0 Å². The number of carbonyl (C=O) groups is 1. The van der Waals surface area contributed by atoms with Crippen molar-refractivity contribution in [1.29, 1.82) is 0 Å². The lowest BCUT2D eigenvalue weighted by molar-refractivity contribution is -0.685. The molecule has 0 saturated carbocycles. The second-order valence-corrected chi connectivity index (χ2v) is 2.37. The smallest absolute Gasteiger partial charge is 0.346 e. The van der Waals surface area contributed by atoms with E-state index in [1.54, 1.807) is 27.9 Å². The largest absolute Gasteiger partial charge is 0.478 e. The SMILES string of the molecule is Cn1cc[n+](CC(=O)O)c1.O=[N+]([O-])[O-]. The van der Waals surface area contributed by atoms with Crippen LogP contribution < -0.4 is 4.57 Å². The fraction of sp³-hybridized carbons (Fsp3) is 0.333.